The standard InChI is InChI=1S/C15H13ClN2O3/c1-9-3-5-12(8-13(9)16)17-15(19)11-4-6-14(18(20)21)10(2)7-11/h3-8H,1-2H3,(H,17,19). The summed E-state index contributed by atoms with van der Waals surface area (Å²) in [5, 5.41) is 14.0. The number of carbonyl (C=O) groups excluding carboxylic acids is 1. The highest BCUT2D eigenvalue weighted by molar-refractivity contribution is 6.31. The van der Waals surface area contributed by atoms with Crippen LogP contribution in [0.1, 0.15) is 21.5 Å². The van der Waals surface area contributed by atoms with Crippen LogP contribution in [0, 0.1) is 24.0 Å². The van der Waals surface area contributed by atoms with E-state index in [0.717, 1.165) is 5.56 Å². The number of rotatable bonds is 3. The quantitative estimate of drug-likeness (QED) is 0.685. The molecule has 2 rings (SSSR count). The smallest absolute Gasteiger partial charge is 0.272 e. The largest absolute Gasteiger partial charge is 0.322 e. The number of hydrogen-bond acceptors (Lipinski definition) is 3. The first-order chi connectivity index (χ1) is 9.88. The Kier molecular flexibility index (Phi) is 4.23. The lowest BCUT2D eigenvalue weighted by Crippen LogP contribution is -2.12. The van der Waals surface area contributed by atoms with Gasteiger partial charge in [-0.15, -0.1) is 0 Å². The van der Waals surface area contributed by atoms with Crippen LogP contribution in [0.3, 0.4) is 0 Å². The summed E-state index contributed by atoms with van der Waals surface area (Å²) < 4.78 is 0. The fourth-order valence-electron chi connectivity index (χ4n) is 1.88. The molecule has 1 N–H and O–H groups in total. The van der Waals surface area contributed by atoms with Gasteiger partial charge >= 0.3 is 0 Å². The number of nitro groups is 1. The van der Waals surface area contributed by atoms with Crippen molar-refractivity contribution < 1.29 is 9.72 Å². The summed E-state index contributed by atoms with van der Waals surface area (Å²) in [6.45, 7) is 3.46. The highest BCUT2D eigenvalue weighted by atomic mass is 35.5. The lowest BCUT2D eigenvalue weighted by Gasteiger charge is -2.07. The second-order valence-electron chi connectivity index (χ2n) is 4.68. The van der Waals surface area contributed by atoms with E-state index in [2.05, 4.69) is 5.32 Å². The van der Waals surface area contributed by atoms with Gasteiger partial charge in [0.2, 0.25) is 0 Å². The Bertz CT molecular complexity index is 729. The second kappa shape index (κ2) is 5.93. The summed E-state index contributed by atoms with van der Waals surface area (Å²) in [6, 6.07) is 9.45. The molecule has 0 atom stereocenters. The minimum atomic E-state index is -0.475. The minimum absolute atomic E-state index is 0.00932. The number of amides is 1. The van der Waals surface area contributed by atoms with Gasteiger partial charge in [-0.1, -0.05) is 17.7 Å². The molecule has 0 heterocycles. The second-order valence-corrected chi connectivity index (χ2v) is 5.08. The molecule has 5 nitrogen and oxygen atoms in total. The van der Waals surface area contributed by atoms with Gasteiger partial charge in [-0.25, -0.2) is 0 Å². The number of aryl methyl sites for hydroxylation is 2. The van der Waals surface area contributed by atoms with Crippen LogP contribution >= 0.6 is 11.6 Å². The molecule has 0 spiro atoms. The number of nitro benzene ring substituents is 1. The number of halogens is 1. The molecule has 0 aromatic heterocycles. The number of carbonyl (C=O) groups is 1. The zero-order valence-corrected chi connectivity index (χ0v) is 12.3. The Morgan fingerprint density at radius 3 is 2.43 bits per heavy atom. The molecule has 2 aromatic rings. The molecule has 0 unspecified atom stereocenters. The maximum absolute atomic E-state index is 12.1. The normalized spacial score (nSPS) is 10.2. The van der Waals surface area contributed by atoms with Crippen LogP contribution < -0.4 is 5.32 Å². The van der Waals surface area contributed by atoms with Crippen LogP contribution in [-0.4, -0.2) is 10.8 Å². The summed E-state index contributed by atoms with van der Waals surface area (Å²) >= 11 is 6.00. The van der Waals surface area contributed by atoms with E-state index in [-0.39, 0.29) is 11.6 Å². The van der Waals surface area contributed by atoms with Crippen molar-refractivity contribution in [3.8, 4) is 0 Å². The molecule has 0 saturated carbocycles. The van der Waals surface area contributed by atoms with E-state index in [9.17, 15) is 14.9 Å². The Hall–Kier alpha value is -2.40. The maximum atomic E-state index is 12.1. The van der Waals surface area contributed by atoms with Gasteiger partial charge in [-0.3, -0.25) is 14.9 Å². The van der Waals surface area contributed by atoms with E-state index in [0.29, 0.717) is 21.8 Å². The Labute approximate surface area is 126 Å². The van der Waals surface area contributed by atoms with Crippen molar-refractivity contribution in [1.29, 1.82) is 0 Å². The number of nitrogens with zero attached hydrogens (tertiary/aromatic N) is 1. The zero-order valence-electron chi connectivity index (χ0n) is 11.5. The first-order valence-electron chi connectivity index (χ1n) is 6.21. The van der Waals surface area contributed by atoms with E-state index in [1.807, 2.05) is 6.92 Å². The first kappa shape index (κ1) is 15.0. The van der Waals surface area contributed by atoms with Crippen LogP contribution in [0.4, 0.5) is 11.4 Å². The predicted octanol–water partition coefficient (Wildman–Crippen LogP) is 4.12. The molecule has 0 aliphatic carbocycles. The highest BCUT2D eigenvalue weighted by Crippen LogP contribution is 2.22. The third kappa shape index (κ3) is 3.38. The van der Waals surface area contributed by atoms with Gasteiger partial charge in [0.25, 0.3) is 11.6 Å². The van der Waals surface area contributed by atoms with Gasteiger partial charge in [0.1, 0.15) is 0 Å². The number of nitrogens with one attached hydrogen (secondary N) is 1. The molecule has 0 bridgehead atoms. The van der Waals surface area contributed by atoms with Gasteiger partial charge in [-0.2, -0.15) is 0 Å². The van der Waals surface area contributed by atoms with Crippen molar-refractivity contribution in [2.24, 2.45) is 0 Å². The summed E-state index contributed by atoms with van der Waals surface area (Å²) in [5.41, 5.74) is 2.28. The van der Waals surface area contributed by atoms with E-state index >= 15 is 0 Å². The van der Waals surface area contributed by atoms with Crippen molar-refractivity contribution in [2.75, 3.05) is 5.32 Å². The Morgan fingerprint density at radius 1 is 1.14 bits per heavy atom. The van der Waals surface area contributed by atoms with Gasteiger partial charge in [-0.05, 0) is 43.7 Å². The molecule has 0 fully saturated rings. The highest BCUT2D eigenvalue weighted by Gasteiger charge is 2.14. The molecule has 0 radical (unpaired) electrons. The van der Waals surface area contributed by atoms with Crippen molar-refractivity contribution in [3.63, 3.8) is 0 Å². The molecule has 6 heteroatoms. The molecule has 108 valence electrons. The lowest BCUT2D eigenvalue weighted by atomic mass is 10.1. The van der Waals surface area contributed by atoms with Gasteiger partial charge in [0, 0.05) is 27.9 Å². The summed E-state index contributed by atoms with van der Waals surface area (Å²) in [4.78, 5) is 22.4. The molecule has 2 aromatic carbocycles. The average Bonchev–Trinajstić information content (AvgIpc) is 2.42. The van der Waals surface area contributed by atoms with Crippen LogP contribution in [0.15, 0.2) is 36.4 Å². The van der Waals surface area contributed by atoms with Gasteiger partial charge < -0.3 is 5.32 Å². The predicted molar refractivity (Wildman–Crippen MR) is 82.0 cm³/mol. The SMILES string of the molecule is Cc1ccc(NC(=O)c2ccc([N+](=O)[O-])c(C)c2)cc1Cl. The first-order valence-corrected chi connectivity index (χ1v) is 6.59. The molecular formula is C15H13ClN2O3. The minimum Gasteiger partial charge on any atom is -0.322 e. The van der Waals surface area contributed by atoms with Crippen molar-refractivity contribution in [1.82, 2.24) is 0 Å². The van der Waals surface area contributed by atoms with E-state index in [4.69, 9.17) is 11.6 Å². The van der Waals surface area contributed by atoms with Crippen molar-refractivity contribution >= 4 is 28.9 Å². The molecule has 21 heavy (non-hydrogen) atoms. The maximum Gasteiger partial charge on any atom is 0.272 e. The van der Waals surface area contributed by atoms with Crippen molar-refractivity contribution in [2.45, 2.75) is 13.8 Å². The summed E-state index contributed by atoms with van der Waals surface area (Å²) in [7, 11) is 0. The molecular weight excluding hydrogens is 292 g/mol. The average molecular weight is 305 g/mol. The van der Waals surface area contributed by atoms with Crippen LogP contribution in [0.2, 0.25) is 5.02 Å². The third-order valence-corrected chi connectivity index (χ3v) is 3.49. The molecule has 0 aliphatic rings. The molecule has 0 aliphatic heterocycles. The van der Waals surface area contributed by atoms with E-state index < -0.39 is 4.92 Å². The van der Waals surface area contributed by atoms with Crippen LogP contribution in [0.25, 0.3) is 0 Å². The summed E-state index contributed by atoms with van der Waals surface area (Å²) in [5.74, 6) is -0.340. The number of anilines is 1. The number of hydrogen-bond donors (Lipinski definition) is 1. The van der Waals surface area contributed by atoms with Crippen LogP contribution in [0.5, 0.6) is 0 Å². The Balaban J connectivity index is 2.22. The topological polar surface area (TPSA) is 72.2 Å². The van der Waals surface area contributed by atoms with Crippen molar-refractivity contribution in [3.05, 3.63) is 68.2 Å². The lowest BCUT2D eigenvalue weighted by molar-refractivity contribution is -0.385. The fourth-order valence-corrected chi connectivity index (χ4v) is 2.06. The zero-order chi connectivity index (χ0) is 15.6. The monoisotopic (exact) mass is 304 g/mol. The van der Waals surface area contributed by atoms with Gasteiger partial charge in [0.15, 0.2) is 0 Å². The van der Waals surface area contributed by atoms with Crippen LogP contribution in [-0.2, 0) is 0 Å². The third-order valence-electron chi connectivity index (χ3n) is 3.09. The molecule has 0 saturated heterocycles. The van der Waals surface area contributed by atoms with Gasteiger partial charge in [0.05, 0.1) is 4.92 Å². The van der Waals surface area contributed by atoms with E-state index in [1.54, 1.807) is 25.1 Å². The Morgan fingerprint density at radius 2 is 1.86 bits per heavy atom. The fraction of sp³-hybridized carbons (Fsp3) is 0.133. The molecule has 1 amide bonds. The summed E-state index contributed by atoms with van der Waals surface area (Å²) in [6.07, 6.45) is 0. The number of benzene rings is 2. The van der Waals surface area contributed by atoms with E-state index in [1.165, 1.54) is 18.2 Å².